The van der Waals surface area contributed by atoms with Gasteiger partial charge in [-0.3, -0.25) is 0 Å². The van der Waals surface area contributed by atoms with E-state index >= 15 is 0 Å². The molecular weight excluding hydrogens is 230 g/mol. The van der Waals surface area contributed by atoms with E-state index in [9.17, 15) is 9.90 Å². The van der Waals surface area contributed by atoms with Gasteiger partial charge in [-0.15, -0.1) is 0 Å². The molecule has 0 heterocycles. The van der Waals surface area contributed by atoms with E-state index in [0.717, 1.165) is 16.2 Å². The lowest BCUT2D eigenvalue weighted by Gasteiger charge is -2.24. The minimum absolute atomic E-state index is 0.0243. The molecule has 0 saturated heterocycles. The smallest absolute Gasteiger partial charge is 0.119 e. The van der Waals surface area contributed by atoms with Gasteiger partial charge in [-0.05, 0) is 32.9 Å². The highest BCUT2D eigenvalue weighted by Crippen LogP contribution is 2.12. The Hall–Kier alpha value is -1.55. The van der Waals surface area contributed by atoms with Gasteiger partial charge in [-0.2, -0.15) is 0 Å². The molecule has 1 aromatic carbocycles. The van der Waals surface area contributed by atoms with Crippen LogP contribution in [-0.2, 0) is 11.3 Å². The normalized spacial score (nSPS) is 12.4. The van der Waals surface area contributed by atoms with Gasteiger partial charge in [-0.25, -0.2) is 0 Å². The molecule has 1 rings (SSSR count). The molecule has 1 atom stereocenters. The molecule has 0 aliphatic rings. The minimum Gasteiger partial charge on any atom is -0.544 e. The summed E-state index contributed by atoms with van der Waals surface area (Å²) in [6.07, 6.45) is 0. The molecule has 0 bridgehead atoms. The second-order valence-electron chi connectivity index (χ2n) is 4.62. The third-order valence-electron chi connectivity index (χ3n) is 2.83. The summed E-state index contributed by atoms with van der Waals surface area (Å²) in [5, 5.41) is 10.7. The van der Waals surface area contributed by atoms with E-state index in [4.69, 9.17) is 4.74 Å². The van der Waals surface area contributed by atoms with Crippen LogP contribution in [0.15, 0.2) is 24.3 Å². The number of ether oxygens (including phenoxy) is 1. The van der Waals surface area contributed by atoms with Gasteiger partial charge in [0.2, 0.25) is 0 Å². The molecular formula is C14H21NO3. The van der Waals surface area contributed by atoms with Crippen LogP contribution in [0, 0.1) is 0 Å². The minimum atomic E-state index is -1.01. The Morgan fingerprint density at radius 2 is 2.17 bits per heavy atom. The van der Waals surface area contributed by atoms with Crippen molar-refractivity contribution in [1.82, 2.24) is 0 Å². The average molecular weight is 251 g/mol. The fourth-order valence-corrected chi connectivity index (χ4v) is 1.83. The number of carboxylic acids is 1. The van der Waals surface area contributed by atoms with E-state index < -0.39 is 5.97 Å². The second-order valence-corrected chi connectivity index (χ2v) is 4.62. The number of carboxylic acid groups (broad SMARTS) is 1. The van der Waals surface area contributed by atoms with Gasteiger partial charge in [0.1, 0.15) is 18.8 Å². The Balaban J connectivity index is 2.73. The zero-order valence-corrected chi connectivity index (χ0v) is 11.2. The van der Waals surface area contributed by atoms with Gasteiger partial charge in [0.25, 0.3) is 0 Å². The fourth-order valence-electron chi connectivity index (χ4n) is 1.83. The molecule has 1 unspecified atom stereocenters. The van der Waals surface area contributed by atoms with E-state index in [2.05, 4.69) is 0 Å². The first-order chi connectivity index (χ1) is 8.52. The Morgan fingerprint density at radius 1 is 1.44 bits per heavy atom. The van der Waals surface area contributed by atoms with Gasteiger partial charge in [0.15, 0.2) is 0 Å². The molecule has 4 nitrogen and oxygen atoms in total. The van der Waals surface area contributed by atoms with E-state index in [1.807, 2.05) is 45.0 Å². The number of carbonyl (C=O) groups excluding carboxylic acids is 1. The highest BCUT2D eigenvalue weighted by molar-refractivity contribution is 5.65. The van der Waals surface area contributed by atoms with Gasteiger partial charge in [0, 0.05) is 5.56 Å². The van der Waals surface area contributed by atoms with Crippen LogP contribution in [0.25, 0.3) is 0 Å². The zero-order valence-electron chi connectivity index (χ0n) is 11.2. The Bertz CT molecular complexity index is 390. The van der Waals surface area contributed by atoms with Gasteiger partial charge < -0.3 is 19.5 Å². The third-order valence-corrected chi connectivity index (χ3v) is 2.83. The standard InChI is InChI=1S/C14H21NO3/c1-4-18-13-7-5-6-12(8-13)9-15(11(2)3)10-14(16)17/h5-8,11H,4,9-10H2,1-3H3,(H,16,17). The van der Waals surface area contributed by atoms with Crippen molar-refractivity contribution in [2.24, 2.45) is 0 Å². The summed E-state index contributed by atoms with van der Waals surface area (Å²) < 4.78 is 5.43. The summed E-state index contributed by atoms with van der Waals surface area (Å²) in [5.74, 6) is -0.189. The topological polar surface area (TPSA) is 53.8 Å². The number of hydrogen-bond acceptors (Lipinski definition) is 3. The molecule has 0 aromatic heterocycles. The van der Waals surface area contributed by atoms with Crippen molar-refractivity contribution in [3.8, 4) is 5.75 Å². The van der Waals surface area contributed by atoms with Crippen molar-refractivity contribution in [3.05, 3.63) is 29.8 Å². The van der Waals surface area contributed by atoms with Crippen LogP contribution in [0.4, 0.5) is 0 Å². The molecule has 0 radical (unpaired) electrons. The molecule has 100 valence electrons. The summed E-state index contributed by atoms with van der Waals surface area (Å²) in [5.41, 5.74) is 1.07. The molecule has 0 spiro atoms. The Morgan fingerprint density at radius 3 is 2.72 bits per heavy atom. The van der Waals surface area contributed by atoms with Gasteiger partial charge >= 0.3 is 0 Å². The molecule has 18 heavy (non-hydrogen) atoms. The van der Waals surface area contributed by atoms with E-state index in [1.54, 1.807) is 0 Å². The van der Waals surface area contributed by atoms with Crippen LogP contribution >= 0.6 is 0 Å². The fraction of sp³-hybridized carbons (Fsp3) is 0.500. The number of quaternary nitrogens is 1. The highest BCUT2D eigenvalue weighted by Gasteiger charge is 2.14. The second kappa shape index (κ2) is 7.01. The van der Waals surface area contributed by atoms with Crippen molar-refractivity contribution >= 4 is 5.97 Å². The van der Waals surface area contributed by atoms with Crippen molar-refractivity contribution in [2.45, 2.75) is 33.4 Å². The first-order valence-corrected chi connectivity index (χ1v) is 6.29. The molecule has 0 aliphatic heterocycles. The molecule has 0 fully saturated rings. The maximum absolute atomic E-state index is 10.7. The van der Waals surface area contributed by atoms with Crippen molar-refractivity contribution < 1.29 is 19.5 Å². The SMILES string of the molecule is CCOc1cccc(C[NH+](CC(=O)[O-])C(C)C)c1. The summed E-state index contributed by atoms with van der Waals surface area (Å²) in [4.78, 5) is 11.7. The van der Waals surface area contributed by atoms with Crippen molar-refractivity contribution in [3.63, 3.8) is 0 Å². The van der Waals surface area contributed by atoms with E-state index in [1.165, 1.54) is 0 Å². The molecule has 0 amide bonds. The molecule has 4 heteroatoms. The molecule has 0 saturated carbocycles. The number of hydrogen-bond donors (Lipinski definition) is 1. The number of rotatable bonds is 7. The van der Waals surface area contributed by atoms with Crippen LogP contribution < -0.4 is 14.7 Å². The maximum Gasteiger partial charge on any atom is 0.119 e. The Kier molecular flexibility index (Phi) is 5.65. The Labute approximate surface area is 108 Å². The number of benzene rings is 1. The average Bonchev–Trinajstić information content (AvgIpc) is 2.28. The largest absolute Gasteiger partial charge is 0.544 e. The summed E-state index contributed by atoms with van der Waals surface area (Å²) in [7, 11) is 0. The van der Waals surface area contributed by atoms with Crippen LogP contribution in [0.2, 0.25) is 0 Å². The summed E-state index contributed by atoms with van der Waals surface area (Å²) >= 11 is 0. The van der Waals surface area contributed by atoms with Gasteiger partial charge in [0.05, 0.1) is 18.6 Å². The number of nitrogens with one attached hydrogen (secondary N) is 1. The quantitative estimate of drug-likeness (QED) is 0.719. The molecule has 0 aliphatic carbocycles. The van der Waals surface area contributed by atoms with Crippen molar-refractivity contribution in [2.75, 3.05) is 13.2 Å². The number of carbonyl (C=O) groups is 1. The first kappa shape index (κ1) is 14.5. The predicted molar refractivity (Wildman–Crippen MR) is 67.3 cm³/mol. The zero-order chi connectivity index (χ0) is 13.5. The van der Waals surface area contributed by atoms with E-state index in [-0.39, 0.29) is 12.6 Å². The van der Waals surface area contributed by atoms with Crippen LogP contribution in [0.3, 0.4) is 0 Å². The highest BCUT2D eigenvalue weighted by atomic mass is 16.5. The van der Waals surface area contributed by atoms with Gasteiger partial charge in [-0.1, -0.05) is 12.1 Å². The van der Waals surface area contributed by atoms with Crippen LogP contribution in [0.5, 0.6) is 5.75 Å². The number of aliphatic carboxylic acids is 1. The van der Waals surface area contributed by atoms with E-state index in [0.29, 0.717) is 13.2 Å². The predicted octanol–water partition coefficient (Wildman–Crippen LogP) is -0.371. The molecule has 1 N–H and O–H groups in total. The van der Waals surface area contributed by atoms with Crippen LogP contribution in [-0.4, -0.2) is 25.2 Å². The summed E-state index contributed by atoms with van der Waals surface area (Å²) in [6, 6.07) is 8.01. The lowest BCUT2D eigenvalue weighted by molar-refractivity contribution is -0.929. The first-order valence-electron chi connectivity index (χ1n) is 6.29. The monoisotopic (exact) mass is 251 g/mol. The van der Waals surface area contributed by atoms with Crippen LogP contribution in [0.1, 0.15) is 26.3 Å². The molecule has 1 aromatic rings. The third kappa shape index (κ3) is 4.75. The summed E-state index contributed by atoms with van der Waals surface area (Å²) in [6.45, 7) is 7.26. The lowest BCUT2D eigenvalue weighted by Crippen LogP contribution is -3.15. The maximum atomic E-state index is 10.7. The lowest BCUT2D eigenvalue weighted by atomic mass is 10.2. The van der Waals surface area contributed by atoms with Crippen molar-refractivity contribution in [1.29, 1.82) is 0 Å².